The van der Waals surface area contributed by atoms with Crippen LogP contribution in [0.3, 0.4) is 0 Å². The van der Waals surface area contributed by atoms with E-state index in [0.717, 1.165) is 32.4 Å². The number of ether oxygens (including phenoxy) is 1. The van der Waals surface area contributed by atoms with Crippen LogP contribution in [0.25, 0.3) is 0 Å². The molecule has 0 saturated heterocycles. The fourth-order valence-corrected chi connectivity index (χ4v) is 6.43. The van der Waals surface area contributed by atoms with Crippen LogP contribution in [-0.4, -0.2) is 20.7 Å². The predicted octanol–water partition coefficient (Wildman–Crippen LogP) is 8.60. The molecule has 2 heterocycles. The molecule has 0 spiro atoms. The van der Waals surface area contributed by atoms with Crippen LogP contribution >= 0.6 is 27.7 Å². The van der Waals surface area contributed by atoms with E-state index in [1.807, 2.05) is 93.6 Å². The fourth-order valence-electron chi connectivity index (χ4n) is 5.17. The highest BCUT2D eigenvalue weighted by molar-refractivity contribution is 9.10. The molecule has 10 heteroatoms. The lowest BCUT2D eigenvalue weighted by Gasteiger charge is -2.29. The molecule has 6 rings (SSSR count). The van der Waals surface area contributed by atoms with E-state index in [1.54, 1.807) is 16.8 Å². The van der Waals surface area contributed by atoms with E-state index in [1.165, 1.54) is 17.8 Å². The SMILES string of the molecule is CC1=C(C(=O)Nc2cccc(C)c2C)C(c2ccc(OCc3cccc(Br)c3)cc2)n2nc(SCc3ccccc3F)nc2N1. The van der Waals surface area contributed by atoms with E-state index in [-0.39, 0.29) is 11.7 Å². The minimum atomic E-state index is -0.569. The molecule has 45 heavy (non-hydrogen) atoms. The van der Waals surface area contributed by atoms with Crippen molar-refractivity contribution in [2.24, 2.45) is 0 Å². The van der Waals surface area contributed by atoms with Gasteiger partial charge in [-0.15, -0.1) is 5.10 Å². The predicted molar refractivity (Wildman–Crippen MR) is 180 cm³/mol. The summed E-state index contributed by atoms with van der Waals surface area (Å²) < 4.78 is 23.1. The lowest BCUT2D eigenvalue weighted by atomic mass is 9.94. The summed E-state index contributed by atoms with van der Waals surface area (Å²) in [6.07, 6.45) is 0. The number of hydrogen-bond donors (Lipinski definition) is 2. The number of hydrogen-bond acceptors (Lipinski definition) is 6. The van der Waals surface area contributed by atoms with Crippen LogP contribution in [0.2, 0.25) is 0 Å². The number of nitrogens with one attached hydrogen (secondary N) is 2. The third-order valence-corrected chi connectivity index (χ3v) is 9.12. The van der Waals surface area contributed by atoms with Gasteiger partial charge in [-0.25, -0.2) is 9.07 Å². The number of aromatic nitrogens is 3. The van der Waals surface area contributed by atoms with Gasteiger partial charge in [-0.05, 0) is 85.0 Å². The molecule has 0 aliphatic carbocycles. The summed E-state index contributed by atoms with van der Waals surface area (Å²) in [6, 6.07) is 27.6. The van der Waals surface area contributed by atoms with Crippen molar-refractivity contribution in [2.75, 3.05) is 10.6 Å². The average Bonchev–Trinajstić information content (AvgIpc) is 3.44. The van der Waals surface area contributed by atoms with E-state index in [0.29, 0.717) is 46.0 Å². The Labute approximate surface area is 274 Å². The first-order chi connectivity index (χ1) is 21.8. The van der Waals surface area contributed by atoms with Crippen molar-refractivity contribution in [3.05, 3.63) is 140 Å². The van der Waals surface area contributed by atoms with Crippen molar-refractivity contribution in [1.29, 1.82) is 0 Å². The standard InChI is InChI=1S/C35H31BrFN5O2S/c1-21-8-6-13-30(22(21)2)39-33(43)31-23(3)38-34-40-35(45-20-26-10-4-5-12-29(26)37)41-42(34)32(31)25-14-16-28(17-15-25)44-19-24-9-7-11-27(36)18-24/h4-18,32H,19-20H2,1-3H3,(H,39,43)(H,38,40,41). The van der Waals surface area contributed by atoms with Gasteiger partial charge in [0.1, 0.15) is 24.2 Å². The Kier molecular flexibility index (Phi) is 9.04. The summed E-state index contributed by atoms with van der Waals surface area (Å²) in [5, 5.41) is 11.7. The number of carbonyl (C=O) groups excluding carboxylic acids is 1. The van der Waals surface area contributed by atoms with E-state index in [9.17, 15) is 9.18 Å². The Morgan fingerprint density at radius 1 is 1.02 bits per heavy atom. The highest BCUT2D eigenvalue weighted by Crippen LogP contribution is 2.38. The van der Waals surface area contributed by atoms with Crippen molar-refractivity contribution in [3.8, 4) is 5.75 Å². The van der Waals surface area contributed by atoms with Crippen LogP contribution in [0, 0.1) is 19.7 Å². The Morgan fingerprint density at radius 2 is 1.80 bits per heavy atom. The second kappa shape index (κ2) is 13.3. The molecule has 228 valence electrons. The number of rotatable bonds is 9. The van der Waals surface area contributed by atoms with Gasteiger partial charge in [0.05, 0.1) is 5.57 Å². The van der Waals surface area contributed by atoms with Crippen LogP contribution in [0.15, 0.2) is 112 Å². The van der Waals surface area contributed by atoms with Crippen molar-refractivity contribution in [3.63, 3.8) is 0 Å². The number of amides is 1. The fraction of sp³-hybridized carbons (Fsp3) is 0.171. The van der Waals surface area contributed by atoms with Gasteiger partial charge in [-0.1, -0.05) is 82.3 Å². The van der Waals surface area contributed by atoms with Crippen molar-refractivity contribution < 1.29 is 13.9 Å². The zero-order valence-corrected chi connectivity index (χ0v) is 27.4. The lowest BCUT2D eigenvalue weighted by molar-refractivity contribution is -0.113. The number of nitrogens with zero attached hydrogens (tertiary/aromatic N) is 3. The normalized spacial score (nSPS) is 14.1. The van der Waals surface area contributed by atoms with Gasteiger partial charge < -0.3 is 15.4 Å². The molecule has 1 atom stereocenters. The monoisotopic (exact) mass is 683 g/mol. The van der Waals surface area contributed by atoms with Gasteiger partial charge >= 0.3 is 0 Å². The molecule has 1 amide bonds. The maximum absolute atomic E-state index is 14.3. The second-order valence-electron chi connectivity index (χ2n) is 10.8. The number of thioether (sulfide) groups is 1. The molecule has 0 fully saturated rings. The summed E-state index contributed by atoms with van der Waals surface area (Å²) in [5.74, 6) is 1.07. The number of aryl methyl sites for hydroxylation is 1. The summed E-state index contributed by atoms with van der Waals surface area (Å²) in [7, 11) is 0. The zero-order valence-electron chi connectivity index (χ0n) is 25.0. The van der Waals surface area contributed by atoms with Gasteiger partial charge in [0, 0.05) is 21.6 Å². The number of carbonyl (C=O) groups is 1. The smallest absolute Gasteiger partial charge is 0.255 e. The second-order valence-corrected chi connectivity index (χ2v) is 12.7. The zero-order chi connectivity index (χ0) is 31.5. The van der Waals surface area contributed by atoms with Crippen LogP contribution in [0.5, 0.6) is 5.75 Å². The molecule has 0 radical (unpaired) electrons. The minimum absolute atomic E-state index is 0.240. The molecule has 4 aromatic carbocycles. The maximum Gasteiger partial charge on any atom is 0.255 e. The van der Waals surface area contributed by atoms with E-state index in [2.05, 4.69) is 26.6 Å². The van der Waals surface area contributed by atoms with Crippen molar-refractivity contribution in [2.45, 2.75) is 44.3 Å². The minimum Gasteiger partial charge on any atom is -0.489 e. The number of allylic oxidation sites excluding steroid dienone is 1. The van der Waals surface area contributed by atoms with E-state index in [4.69, 9.17) is 14.8 Å². The molecule has 1 aromatic heterocycles. The van der Waals surface area contributed by atoms with Crippen LogP contribution < -0.4 is 15.4 Å². The number of anilines is 2. The molecular formula is C35H31BrFN5O2S. The molecule has 0 saturated carbocycles. The van der Waals surface area contributed by atoms with Crippen molar-refractivity contribution in [1.82, 2.24) is 14.8 Å². The van der Waals surface area contributed by atoms with Gasteiger partial charge in [-0.2, -0.15) is 4.98 Å². The summed E-state index contributed by atoms with van der Waals surface area (Å²) in [4.78, 5) is 18.7. The summed E-state index contributed by atoms with van der Waals surface area (Å²) in [6.45, 7) is 6.29. The number of benzene rings is 4. The molecule has 2 N–H and O–H groups in total. The number of fused-ring (bicyclic) bond motifs is 1. The Hall–Kier alpha value is -4.41. The molecule has 1 aliphatic heterocycles. The first-order valence-corrected chi connectivity index (χ1v) is 16.2. The summed E-state index contributed by atoms with van der Waals surface area (Å²) in [5.41, 5.74) is 6.49. The van der Waals surface area contributed by atoms with Gasteiger partial charge in [0.15, 0.2) is 0 Å². The molecule has 5 aromatic rings. The Morgan fingerprint density at radius 3 is 2.58 bits per heavy atom. The van der Waals surface area contributed by atoms with Crippen molar-refractivity contribution >= 4 is 45.2 Å². The van der Waals surface area contributed by atoms with Crippen LogP contribution in [-0.2, 0) is 17.2 Å². The molecule has 1 aliphatic rings. The van der Waals surface area contributed by atoms with E-state index >= 15 is 0 Å². The van der Waals surface area contributed by atoms with Gasteiger partial charge in [-0.3, -0.25) is 4.79 Å². The highest BCUT2D eigenvalue weighted by atomic mass is 79.9. The summed E-state index contributed by atoms with van der Waals surface area (Å²) >= 11 is 4.84. The lowest BCUT2D eigenvalue weighted by Crippen LogP contribution is -2.31. The highest BCUT2D eigenvalue weighted by Gasteiger charge is 2.34. The first kappa shape index (κ1) is 30.6. The van der Waals surface area contributed by atoms with Gasteiger partial charge in [0.25, 0.3) is 5.91 Å². The quantitative estimate of drug-likeness (QED) is 0.152. The molecular weight excluding hydrogens is 653 g/mol. The van der Waals surface area contributed by atoms with Crippen LogP contribution in [0.4, 0.5) is 16.0 Å². The molecule has 7 nitrogen and oxygen atoms in total. The first-order valence-electron chi connectivity index (χ1n) is 14.4. The average molecular weight is 685 g/mol. The van der Waals surface area contributed by atoms with Gasteiger partial charge in [0.2, 0.25) is 11.1 Å². The number of halogens is 2. The van der Waals surface area contributed by atoms with E-state index < -0.39 is 6.04 Å². The molecule has 0 bridgehead atoms. The Balaban J connectivity index is 1.31. The Bertz CT molecular complexity index is 1910. The largest absolute Gasteiger partial charge is 0.489 e. The third-order valence-electron chi connectivity index (χ3n) is 7.74. The molecule has 1 unspecified atom stereocenters. The maximum atomic E-state index is 14.3. The third kappa shape index (κ3) is 6.82. The topological polar surface area (TPSA) is 81.1 Å². The van der Waals surface area contributed by atoms with Crippen LogP contribution in [0.1, 0.15) is 40.8 Å².